The average molecular weight is 705 g/mol. The molecule has 0 saturated carbocycles. The minimum atomic E-state index is -2.77. The molecule has 50 heavy (non-hydrogen) atoms. The zero-order valence-electron chi connectivity index (χ0n) is 28.1. The first-order chi connectivity index (χ1) is 23.5. The van der Waals surface area contributed by atoms with Gasteiger partial charge in [-0.25, -0.2) is 13.6 Å². The molecule has 3 heterocycles. The van der Waals surface area contributed by atoms with Crippen LogP contribution in [-0.2, 0) is 39.6 Å². The van der Waals surface area contributed by atoms with Crippen molar-refractivity contribution in [2.24, 2.45) is 5.92 Å². The minimum Gasteiger partial charge on any atom is -0.506 e. The summed E-state index contributed by atoms with van der Waals surface area (Å²) in [7, 11) is -1.55. The summed E-state index contributed by atoms with van der Waals surface area (Å²) >= 11 is 0. The van der Waals surface area contributed by atoms with Crippen LogP contribution in [0.4, 0.5) is 13.6 Å². The summed E-state index contributed by atoms with van der Waals surface area (Å²) in [5.41, 5.74) is -2.27. The van der Waals surface area contributed by atoms with Gasteiger partial charge in [-0.1, -0.05) is 30.3 Å². The van der Waals surface area contributed by atoms with Crippen molar-refractivity contribution >= 4 is 37.0 Å². The molecular formula is C33H43BF2N4O10. The number of carboxylic acid groups (broad SMARTS) is 2. The van der Waals surface area contributed by atoms with Gasteiger partial charge in [-0.2, -0.15) is 5.26 Å². The van der Waals surface area contributed by atoms with Crippen molar-refractivity contribution in [2.75, 3.05) is 26.2 Å². The molecule has 0 spiro atoms. The highest BCUT2D eigenvalue weighted by Gasteiger charge is 2.58. The topological polar surface area (TPSA) is 196 Å². The minimum absolute atomic E-state index is 0.0351. The molecular weight excluding hydrogens is 661 g/mol. The Labute approximate surface area is 289 Å². The summed E-state index contributed by atoms with van der Waals surface area (Å²) < 4.78 is 44.2. The van der Waals surface area contributed by atoms with E-state index in [2.05, 4.69) is 11.4 Å². The fourth-order valence-electron chi connectivity index (χ4n) is 6.71. The number of alkyl halides is 2. The van der Waals surface area contributed by atoms with Crippen molar-refractivity contribution in [1.29, 1.82) is 5.26 Å². The van der Waals surface area contributed by atoms with E-state index in [4.69, 9.17) is 14.0 Å². The molecule has 2 amide bonds. The molecule has 272 valence electrons. The molecule has 1 aromatic rings. The van der Waals surface area contributed by atoms with Crippen molar-refractivity contribution in [3.05, 3.63) is 35.9 Å². The SMILES string of the molecule is CC(C)(CCC(C#N)C(=O)N1CCCC[C@@H]1COC(=O)N[C@@H](Cc1ccccc1)B1OC(=O)C(CC(=O)O)(CC(=O)O)O1)N1CCC(F)(F)C1. The molecule has 0 aromatic heterocycles. The Balaban J connectivity index is 1.40. The van der Waals surface area contributed by atoms with Gasteiger partial charge in [0.1, 0.15) is 12.5 Å². The summed E-state index contributed by atoms with van der Waals surface area (Å²) in [6.45, 7) is 3.62. The summed E-state index contributed by atoms with van der Waals surface area (Å²) in [5, 5.41) is 31.2. The Morgan fingerprint density at radius 2 is 1.82 bits per heavy atom. The maximum atomic E-state index is 13.8. The van der Waals surface area contributed by atoms with E-state index in [9.17, 15) is 48.2 Å². The van der Waals surface area contributed by atoms with Gasteiger partial charge in [-0.15, -0.1) is 0 Å². The van der Waals surface area contributed by atoms with E-state index in [-0.39, 0.29) is 39.0 Å². The standard InChI is InChI=1S/C33H43BF2N4O10/c1-31(2,39-15-13-33(35,36)21-39)12-11-23(19-37)28(45)40-14-7-6-10-24(40)20-48-30(47)38-25(16-22-8-4-3-5-9-22)34-49-29(46)32(50-34,17-26(41)42)18-27(43)44/h3-5,8-9,23-25H,6-7,10-18,20-21H2,1-2H3,(H,38,47)(H,41,42)(H,43,44)/t23?,24-,25+/m1/s1. The van der Waals surface area contributed by atoms with Crippen LogP contribution in [0.2, 0.25) is 0 Å². The van der Waals surface area contributed by atoms with Gasteiger partial charge in [0.2, 0.25) is 5.91 Å². The molecule has 3 saturated heterocycles. The van der Waals surface area contributed by atoms with Gasteiger partial charge in [0, 0.05) is 25.0 Å². The third-order valence-corrected chi connectivity index (χ3v) is 9.58. The molecule has 3 fully saturated rings. The summed E-state index contributed by atoms with van der Waals surface area (Å²) in [6, 6.07) is 10.2. The van der Waals surface area contributed by atoms with Crippen LogP contribution in [0.3, 0.4) is 0 Å². The van der Waals surface area contributed by atoms with Crippen LogP contribution in [0.5, 0.6) is 0 Å². The molecule has 3 N–H and O–H groups in total. The van der Waals surface area contributed by atoms with Crippen LogP contribution in [0.15, 0.2) is 30.3 Å². The first-order valence-electron chi connectivity index (χ1n) is 16.7. The maximum absolute atomic E-state index is 13.8. The number of amides is 2. The molecule has 1 unspecified atom stereocenters. The third-order valence-electron chi connectivity index (χ3n) is 9.58. The number of nitrogens with one attached hydrogen (secondary N) is 1. The van der Waals surface area contributed by atoms with E-state index >= 15 is 0 Å². The first kappa shape index (κ1) is 38.5. The largest absolute Gasteiger partial charge is 0.552 e. The quantitative estimate of drug-likeness (QED) is 0.226. The number of nitrogens with zero attached hydrogens (tertiary/aromatic N) is 3. The number of rotatable bonds is 15. The van der Waals surface area contributed by atoms with Gasteiger partial charge in [-0.3, -0.25) is 24.1 Å². The third kappa shape index (κ3) is 9.90. The Kier molecular flexibility index (Phi) is 12.4. The average Bonchev–Trinajstić information content (AvgIpc) is 3.58. The van der Waals surface area contributed by atoms with Crippen LogP contribution in [-0.4, -0.2) is 112 Å². The second-order valence-corrected chi connectivity index (χ2v) is 13.8. The molecule has 14 nitrogen and oxygen atoms in total. The number of halogens is 2. The predicted octanol–water partition coefficient (Wildman–Crippen LogP) is 3.03. The number of carbonyl (C=O) groups is 5. The highest BCUT2D eigenvalue weighted by atomic mass is 19.3. The van der Waals surface area contributed by atoms with E-state index in [1.54, 1.807) is 35.2 Å². The van der Waals surface area contributed by atoms with Crippen LogP contribution in [0.25, 0.3) is 0 Å². The Hall–Kier alpha value is -4.30. The number of hydrogen-bond acceptors (Lipinski definition) is 10. The van der Waals surface area contributed by atoms with Crippen LogP contribution >= 0.6 is 0 Å². The molecule has 3 aliphatic heterocycles. The van der Waals surface area contributed by atoms with Gasteiger partial charge in [0.05, 0.1) is 37.4 Å². The van der Waals surface area contributed by atoms with E-state index < -0.39 is 84.8 Å². The van der Waals surface area contributed by atoms with Gasteiger partial charge < -0.3 is 34.5 Å². The van der Waals surface area contributed by atoms with Crippen molar-refractivity contribution in [1.82, 2.24) is 15.1 Å². The van der Waals surface area contributed by atoms with Gasteiger partial charge in [0.15, 0.2) is 5.60 Å². The molecule has 0 aliphatic carbocycles. The Morgan fingerprint density at radius 1 is 1.14 bits per heavy atom. The maximum Gasteiger partial charge on any atom is 0.552 e. The summed E-state index contributed by atoms with van der Waals surface area (Å²) in [6.07, 6.45) is -0.675. The lowest BCUT2D eigenvalue weighted by Crippen LogP contribution is -2.52. The zero-order valence-corrected chi connectivity index (χ0v) is 28.1. The van der Waals surface area contributed by atoms with E-state index in [0.29, 0.717) is 31.4 Å². The van der Waals surface area contributed by atoms with E-state index in [1.165, 1.54) is 4.90 Å². The number of alkyl carbamates (subject to hydrolysis) is 1. The fraction of sp³-hybridized carbons (Fsp3) is 0.636. The number of piperidine rings is 1. The van der Waals surface area contributed by atoms with Crippen molar-refractivity contribution in [2.45, 2.75) is 101 Å². The number of carbonyl (C=O) groups excluding carboxylic acids is 3. The zero-order chi connectivity index (χ0) is 36.7. The molecule has 3 atom stereocenters. The van der Waals surface area contributed by atoms with Crippen LogP contribution < -0.4 is 5.32 Å². The van der Waals surface area contributed by atoms with Gasteiger partial charge >= 0.3 is 31.1 Å². The first-order valence-corrected chi connectivity index (χ1v) is 16.7. The Morgan fingerprint density at radius 3 is 2.42 bits per heavy atom. The van der Waals surface area contributed by atoms with Gasteiger partial charge in [0.25, 0.3) is 5.92 Å². The second kappa shape index (κ2) is 16.2. The Bertz CT molecular complexity index is 1440. The van der Waals surface area contributed by atoms with Crippen molar-refractivity contribution < 1.29 is 57.0 Å². The normalized spacial score (nSPS) is 21.5. The van der Waals surface area contributed by atoms with Gasteiger partial charge in [-0.05, 0) is 57.9 Å². The molecule has 1 aromatic carbocycles. The smallest absolute Gasteiger partial charge is 0.506 e. The molecule has 0 bridgehead atoms. The van der Waals surface area contributed by atoms with E-state index in [1.807, 2.05) is 13.8 Å². The monoisotopic (exact) mass is 704 g/mol. The van der Waals surface area contributed by atoms with Crippen molar-refractivity contribution in [3.63, 3.8) is 0 Å². The highest BCUT2D eigenvalue weighted by Crippen LogP contribution is 2.35. The number of carboxylic acids is 2. The lowest BCUT2D eigenvalue weighted by Gasteiger charge is -2.38. The number of ether oxygens (including phenoxy) is 1. The number of likely N-dealkylation sites (tertiary alicyclic amines) is 2. The van der Waals surface area contributed by atoms with Crippen molar-refractivity contribution in [3.8, 4) is 6.07 Å². The fourth-order valence-corrected chi connectivity index (χ4v) is 6.71. The number of nitriles is 1. The summed E-state index contributed by atoms with van der Waals surface area (Å²) in [4.78, 5) is 65.8. The lowest BCUT2D eigenvalue weighted by atomic mass is 9.75. The highest BCUT2D eigenvalue weighted by molar-refractivity contribution is 6.51. The number of benzene rings is 1. The predicted molar refractivity (Wildman–Crippen MR) is 171 cm³/mol. The molecule has 0 radical (unpaired) electrons. The van der Waals surface area contributed by atoms with Crippen LogP contribution in [0, 0.1) is 17.2 Å². The van der Waals surface area contributed by atoms with Crippen LogP contribution in [0.1, 0.15) is 70.8 Å². The molecule has 17 heteroatoms. The molecule has 3 aliphatic rings. The second-order valence-electron chi connectivity index (χ2n) is 13.8. The van der Waals surface area contributed by atoms with E-state index in [0.717, 1.165) is 6.42 Å². The summed E-state index contributed by atoms with van der Waals surface area (Å²) in [5.74, 6) is -9.49. The molecule has 4 rings (SSSR count). The lowest BCUT2D eigenvalue weighted by molar-refractivity contribution is -0.157. The number of aliphatic carboxylic acids is 2. The number of hydrogen-bond donors (Lipinski definition) is 3.